The van der Waals surface area contributed by atoms with Crippen LogP contribution in [0.15, 0.2) is 24.4 Å². The van der Waals surface area contributed by atoms with Crippen LogP contribution in [0.5, 0.6) is 0 Å². The van der Waals surface area contributed by atoms with E-state index in [1.165, 1.54) is 0 Å². The van der Waals surface area contributed by atoms with Crippen LogP contribution >= 0.6 is 0 Å². The van der Waals surface area contributed by atoms with Gasteiger partial charge in [-0.2, -0.15) is 0 Å². The Bertz CT molecular complexity index is 599. The van der Waals surface area contributed by atoms with Gasteiger partial charge < -0.3 is 15.0 Å². The van der Waals surface area contributed by atoms with E-state index < -0.39 is 0 Å². The minimum Gasteiger partial charge on any atom is -0.349 e. The Morgan fingerprint density at radius 3 is 3.21 bits per heavy atom. The van der Waals surface area contributed by atoms with E-state index in [1.807, 2.05) is 35.7 Å². The van der Waals surface area contributed by atoms with E-state index >= 15 is 0 Å². The molecule has 0 unspecified atom stereocenters. The first kappa shape index (κ1) is 12.2. The molecule has 0 bridgehead atoms. The van der Waals surface area contributed by atoms with E-state index in [1.54, 1.807) is 0 Å². The van der Waals surface area contributed by atoms with Crippen molar-refractivity contribution in [2.24, 2.45) is 0 Å². The number of hydrogen-bond donors (Lipinski definition) is 2. The molecule has 1 saturated heterocycles. The third-order valence-corrected chi connectivity index (χ3v) is 3.57. The molecule has 2 N–H and O–H groups in total. The lowest BCUT2D eigenvalue weighted by Crippen LogP contribution is -2.40. The third-order valence-electron chi connectivity index (χ3n) is 3.57. The first-order valence-electron chi connectivity index (χ1n) is 6.69. The van der Waals surface area contributed by atoms with Crippen molar-refractivity contribution in [3.8, 4) is 0 Å². The molecule has 1 aliphatic rings. The highest BCUT2D eigenvalue weighted by Gasteiger charge is 2.21. The van der Waals surface area contributed by atoms with Crippen LogP contribution < -0.4 is 10.6 Å². The van der Waals surface area contributed by atoms with Crippen molar-refractivity contribution < 1.29 is 4.79 Å². The monoisotopic (exact) mass is 258 g/mol. The van der Waals surface area contributed by atoms with Crippen molar-refractivity contribution in [2.75, 3.05) is 6.54 Å². The first-order chi connectivity index (χ1) is 9.24. The highest BCUT2D eigenvalue weighted by atomic mass is 16.2. The number of nitrogens with one attached hydrogen (secondary N) is 2. The normalized spacial score (nSPS) is 18.9. The number of imidazole rings is 1. The summed E-state index contributed by atoms with van der Waals surface area (Å²) in [6, 6.07) is 5.97. The van der Waals surface area contributed by atoms with Crippen molar-refractivity contribution in [1.82, 2.24) is 20.0 Å². The third kappa shape index (κ3) is 2.46. The van der Waals surface area contributed by atoms with E-state index in [0.29, 0.717) is 6.54 Å². The van der Waals surface area contributed by atoms with Crippen LogP contribution in [0.2, 0.25) is 0 Å². The van der Waals surface area contributed by atoms with E-state index in [4.69, 9.17) is 0 Å². The molecule has 0 aliphatic carbocycles. The minimum atomic E-state index is -0.0289. The summed E-state index contributed by atoms with van der Waals surface area (Å²) in [5.41, 5.74) is 2.95. The van der Waals surface area contributed by atoms with E-state index in [0.717, 1.165) is 36.4 Å². The maximum absolute atomic E-state index is 11.9. The van der Waals surface area contributed by atoms with Crippen LogP contribution in [0, 0.1) is 6.92 Å². The predicted molar refractivity (Wildman–Crippen MR) is 72.8 cm³/mol. The van der Waals surface area contributed by atoms with Crippen LogP contribution in [-0.4, -0.2) is 27.9 Å². The molecule has 3 rings (SSSR count). The Balaban J connectivity index is 1.68. The van der Waals surface area contributed by atoms with Gasteiger partial charge in [0, 0.05) is 11.9 Å². The van der Waals surface area contributed by atoms with E-state index in [9.17, 15) is 4.79 Å². The van der Waals surface area contributed by atoms with Crippen LogP contribution in [0.1, 0.15) is 24.2 Å². The van der Waals surface area contributed by atoms with E-state index in [2.05, 4.69) is 15.6 Å². The molecule has 1 amide bonds. The lowest BCUT2D eigenvalue weighted by molar-refractivity contribution is -0.122. The lowest BCUT2D eigenvalue weighted by Gasteiger charge is -2.09. The SMILES string of the molecule is Cc1cccc2nc(CNC(=O)[C@@H]3CCCN3)cn12. The van der Waals surface area contributed by atoms with Gasteiger partial charge in [-0.05, 0) is 38.4 Å². The number of aryl methyl sites for hydroxylation is 1. The van der Waals surface area contributed by atoms with Crippen molar-refractivity contribution in [3.63, 3.8) is 0 Å². The smallest absolute Gasteiger partial charge is 0.237 e. The molecule has 2 aromatic heterocycles. The van der Waals surface area contributed by atoms with Crippen LogP contribution in [0.3, 0.4) is 0 Å². The molecule has 0 radical (unpaired) electrons. The molecule has 3 heterocycles. The molecule has 1 aliphatic heterocycles. The Morgan fingerprint density at radius 2 is 2.47 bits per heavy atom. The average Bonchev–Trinajstić information content (AvgIpc) is 3.05. The van der Waals surface area contributed by atoms with Gasteiger partial charge in [0.1, 0.15) is 5.65 Å². The highest BCUT2D eigenvalue weighted by Crippen LogP contribution is 2.09. The van der Waals surface area contributed by atoms with Crippen molar-refractivity contribution in [1.29, 1.82) is 0 Å². The summed E-state index contributed by atoms with van der Waals surface area (Å²) in [6.45, 7) is 3.46. The number of rotatable bonds is 3. The maximum Gasteiger partial charge on any atom is 0.237 e. The summed E-state index contributed by atoms with van der Waals surface area (Å²) in [4.78, 5) is 16.4. The molecule has 0 aromatic carbocycles. The summed E-state index contributed by atoms with van der Waals surface area (Å²) >= 11 is 0. The molecule has 19 heavy (non-hydrogen) atoms. The number of fused-ring (bicyclic) bond motifs is 1. The second-order valence-electron chi connectivity index (χ2n) is 4.99. The topological polar surface area (TPSA) is 58.4 Å². The Kier molecular flexibility index (Phi) is 3.21. The zero-order chi connectivity index (χ0) is 13.2. The number of hydrogen-bond acceptors (Lipinski definition) is 3. The van der Waals surface area contributed by atoms with Gasteiger partial charge in [0.25, 0.3) is 0 Å². The highest BCUT2D eigenvalue weighted by molar-refractivity contribution is 5.81. The first-order valence-corrected chi connectivity index (χ1v) is 6.69. The number of amides is 1. The van der Waals surface area contributed by atoms with Crippen LogP contribution in [0.25, 0.3) is 5.65 Å². The quantitative estimate of drug-likeness (QED) is 0.864. The average molecular weight is 258 g/mol. The largest absolute Gasteiger partial charge is 0.349 e. The number of carbonyl (C=O) groups excluding carboxylic acids is 1. The second-order valence-corrected chi connectivity index (χ2v) is 4.99. The van der Waals surface area contributed by atoms with Crippen LogP contribution in [0.4, 0.5) is 0 Å². The summed E-state index contributed by atoms with van der Waals surface area (Å²) < 4.78 is 2.04. The van der Waals surface area contributed by atoms with Gasteiger partial charge in [-0.1, -0.05) is 6.07 Å². The van der Waals surface area contributed by atoms with Crippen molar-refractivity contribution in [2.45, 2.75) is 32.4 Å². The van der Waals surface area contributed by atoms with E-state index in [-0.39, 0.29) is 11.9 Å². The zero-order valence-electron chi connectivity index (χ0n) is 11.0. The Morgan fingerprint density at radius 1 is 1.58 bits per heavy atom. The molecule has 100 valence electrons. The molecule has 1 atom stereocenters. The lowest BCUT2D eigenvalue weighted by atomic mass is 10.2. The number of pyridine rings is 1. The molecule has 1 fully saturated rings. The molecule has 2 aromatic rings. The summed E-state index contributed by atoms with van der Waals surface area (Å²) in [6.07, 6.45) is 3.98. The summed E-state index contributed by atoms with van der Waals surface area (Å²) in [5.74, 6) is 0.0753. The Hall–Kier alpha value is -1.88. The Labute approximate surface area is 112 Å². The summed E-state index contributed by atoms with van der Waals surface area (Å²) in [7, 11) is 0. The fraction of sp³-hybridized carbons (Fsp3) is 0.429. The zero-order valence-corrected chi connectivity index (χ0v) is 11.0. The van der Waals surface area contributed by atoms with Crippen molar-refractivity contribution >= 4 is 11.6 Å². The van der Waals surface area contributed by atoms with Gasteiger partial charge in [0.15, 0.2) is 0 Å². The minimum absolute atomic E-state index is 0.0289. The van der Waals surface area contributed by atoms with Crippen molar-refractivity contribution in [3.05, 3.63) is 35.8 Å². The molecular weight excluding hydrogens is 240 g/mol. The molecule has 5 heteroatoms. The number of carbonyl (C=O) groups is 1. The van der Waals surface area contributed by atoms with Gasteiger partial charge in [0.05, 0.1) is 18.3 Å². The fourth-order valence-electron chi connectivity index (χ4n) is 2.49. The second kappa shape index (κ2) is 5.01. The number of aromatic nitrogens is 2. The molecule has 0 saturated carbocycles. The van der Waals surface area contributed by atoms with Gasteiger partial charge in [-0.3, -0.25) is 4.79 Å². The van der Waals surface area contributed by atoms with Gasteiger partial charge in [0.2, 0.25) is 5.91 Å². The standard InChI is InChI=1S/C14H18N4O/c1-10-4-2-6-13-17-11(9-18(10)13)8-16-14(19)12-5-3-7-15-12/h2,4,6,9,12,15H,3,5,7-8H2,1H3,(H,16,19)/t12-/m0/s1. The molecular formula is C14H18N4O. The van der Waals surface area contributed by atoms with Gasteiger partial charge >= 0.3 is 0 Å². The predicted octanol–water partition coefficient (Wildman–Crippen LogP) is 1.01. The van der Waals surface area contributed by atoms with Gasteiger partial charge in [-0.25, -0.2) is 4.98 Å². The van der Waals surface area contributed by atoms with Gasteiger partial charge in [-0.15, -0.1) is 0 Å². The fourth-order valence-corrected chi connectivity index (χ4v) is 2.49. The molecule has 5 nitrogen and oxygen atoms in total. The molecule has 0 spiro atoms. The summed E-state index contributed by atoms with van der Waals surface area (Å²) in [5, 5.41) is 6.13. The maximum atomic E-state index is 11.9. The van der Waals surface area contributed by atoms with Crippen LogP contribution in [-0.2, 0) is 11.3 Å². The number of nitrogens with zero attached hydrogens (tertiary/aromatic N) is 2.